The minimum atomic E-state index is -1.10. The van der Waals surface area contributed by atoms with Crippen LogP contribution in [0.3, 0.4) is 0 Å². The number of carbonyl (C=O) groups excluding carboxylic acids is 1. The lowest BCUT2D eigenvalue weighted by molar-refractivity contribution is -0.138. The first-order valence-corrected chi connectivity index (χ1v) is 6.67. The van der Waals surface area contributed by atoms with Crippen molar-refractivity contribution >= 4 is 11.9 Å². The van der Waals surface area contributed by atoms with E-state index in [1.54, 1.807) is 13.0 Å². The first kappa shape index (κ1) is 19.3. The van der Waals surface area contributed by atoms with Crippen molar-refractivity contribution in [1.82, 2.24) is 15.0 Å². The van der Waals surface area contributed by atoms with E-state index < -0.39 is 11.9 Å². The molecule has 0 atom stereocenters. The maximum atomic E-state index is 11.5. The van der Waals surface area contributed by atoms with E-state index in [9.17, 15) is 9.59 Å². The summed E-state index contributed by atoms with van der Waals surface area (Å²) in [5.41, 5.74) is 0.354. The van der Waals surface area contributed by atoms with Gasteiger partial charge in [0.25, 0.3) is 0 Å². The van der Waals surface area contributed by atoms with E-state index in [-0.39, 0.29) is 5.69 Å². The average Bonchev–Trinajstić information content (AvgIpc) is 2.99. The fourth-order valence-corrected chi connectivity index (χ4v) is 1.45. The van der Waals surface area contributed by atoms with Crippen LogP contribution in [0.1, 0.15) is 30.3 Å². The number of nitrogens with zero attached hydrogens (tertiary/aromatic N) is 3. The van der Waals surface area contributed by atoms with Gasteiger partial charge in [-0.15, -0.1) is 18.3 Å². The number of aromatic carboxylic acids is 1. The average molecular weight is 307 g/mol. The molecule has 0 amide bonds. The highest BCUT2D eigenvalue weighted by molar-refractivity contribution is 5.91. The number of unbranched alkanes of at least 4 members (excludes halogenated alkanes) is 1. The van der Waals surface area contributed by atoms with Gasteiger partial charge in [-0.25, -0.2) is 9.59 Å². The van der Waals surface area contributed by atoms with E-state index in [0.29, 0.717) is 31.6 Å². The van der Waals surface area contributed by atoms with Gasteiger partial charge in [0.1, 0.15) is 0 Å². The van der Waals surface area contributed by atoms with Crippen LogP contribution in [0, 0.1) is 0 Å². The topological polar surface area (TPSA) is 94.3 Å². The van der Waals surface area contributed by atoms with E-state index >= 15 is 0 Å². The van der Waals surface area contributed by atoms with Crippen LogP contribution in [0.25, 0.3) is 0 Å². The largest absolute Gasteiger partial charge is 0.476 e. The molecule has 0 saturated carbocycles. The lowest BCUT2D eigenvalue weighted by Crippen LogP contribution is -2.08. The number of rotatable bonds is 8. The fraction of sp³-hybridized carbons (Fsp3) is 0.333. The molecule has 0 aromatic carbocycles. The third-order valence-electron chi connectivity index (χ3n) is 2.54. The highest BCUT2D eigenvalue weighted by Gasteiger charge is 2.08. The number of aromatic nitrogens is 3. The lowest BCUT2D eigenvalue weighted by atomic mass is 10.2. The fourth-order valence-electron chi connectivity index (χ4n) is 1.45. The molecule has 120 valence electrons. The normalized spacial score (nSPS) is 10.3. The molecule has 1 N–H and O–H groups in total. The number of carbonyl (C=O) groups is 2. The minimum Gasteiger partial charge on any atom is -0.476 e. The summed E-state index contributed by atoms with van der Waals surface area (Å²) in [6.45, 7) is 12.1. The number of hydrogen-bond donors (Lipinski definition) is 1. The van der Waals surface area contributed by atoms with Crippen molar-refractivity contribution in [2.24, 2.45) is 0 Å². The molecule has 7 heteroatoms. The van der Waals surface area contributed by atoms with Crippen LogP contribution in [0.15, 0.2) is 43.7 Å². The zero-order valence-electron chi connectivity index (χ0n) is 12.7. The second kappa shape index (κ2) is 11.0. The molecular formula is C15H21N3O4. The molecule has 1 heterocycles. The van der Waals surface area contributed by atoms with Crippen molar-refractivity contribution in [3.8, 4) is 0 Å². The monoisotopic (exact) mass is 307 g/mol. The van der Waals surface area contributed by atoms with Gasteiger partial charge in [0.2, 0.25) is 0 Å². The van der Waals surface area contributed by atoms with Crippen molar-refractivity contribution in [2.75, 3.05) is 6.61 Å². The summed E-state index contributed by atoms with van der Waals surface area (Å²) in [4.78, 5) is 22.1. The van der Waals surface area contributed by atoms with Crippen LogP contribution in [-0.2, 0) is 16.1 Å². The summed E-state index contributed by atoms with van der Waals surface area (Å²) in [6, 6.07) is 0. The van der Waals surface area contributed by atoms with Crippen molar-refractivity contribution in [3.63, 3.8) is 0 Å². The summed E-state index contributed by atoms with van der Waals surface area (Å²) >= 11 is 0. The van der Waals surface area contributed by atoms with Gasteiger partial charge in [0.05, 0.1) is 18.4 Å². The second-order valence-electron chi connectivity index (χ2n) is 3.96. The van der Waals surface area contributed by atoms with Crippen molar-refractivity contribution in [1.29, 1.82) is 0 Å². The quantitative estimate of drug-likeness (QED) is 0.260. The smallest absolute Gasteiger partial charge is 0.358 e. The van der Waals surface area contributed by atoms with Crippen LogP contribution < -0.4 is 0 Å². The van der Waals surface area contributed by atoms with E-state index in [2.05, 4.69) is 30.0 Å². The van der Waals surface area contributed by atoms with Crippen LogP contribution in [0.2, 0.25) is 0 Å². The Morgan fingerprint density at radius 1 is 1.41 bits per heavy atom. The Balaban J connectivity index is 0.00000211. The number of ether oxygens (including phenoxy) is 1. The molecule has 0 radical (unpaired) electrons. The molecular weight excluding hydrogens is 286 g/mol. The van der Waals surface area contributed by atoms with Crippen LogP contribution in [0.5, 0.6) is 0 Å². The van der Waals surface area contributed by atoms with Gasteiger partial charge in [0, 0.05) is 6.54 Å². The Kier molecular flexibility index (Phi) is 9.66. The Morgan fingerprint density at radius 3 is 2.59 bits per heavy atom. The molecule has 0 fully saturated rings. The van der Waals surface area contributed by atoms with Gasteiger partial charge in [-0.3, -0.25) is 4.68 Å². The van der Waals surface area contributed by atoms with Crippen LogP contribution in [0.4, 0.5) is 0 Å². The van der Waals surface area contributed by atoms with E-state index in [0.717, 1.165) is 0 Å². The Bertz CT molecular complexity index is 535. The summed E-state index contributed by atoms with van der Waals surface area (Å²) < 4.78 is 6.50. The zero-order chi connectivity index (χ0) is 17.0. The minimum absolute atomic E-state index is 0.0832. The van der Waals surface area contributed by atoms with Gasteiger partial charge in [-0.1, -0.05) is 23.9 Å². The van der Waals surface area contributed by atoms with Crippen molar-refractivity contribution < 1.29 is 19.4 Å². The third kappa shape index (κ3) is 6.65. The third-order valence-corrected chi connectivity index (χ3v) is 2.54. The summed E-state index contributed by atoms with van der Waals surface area (Å²) in [5, 5.41) is 15.9. The first-order chi connectivity index (χ1) is 10.6. The standard InChI is InChI=1S/C13H17N3O4.C2H4/c1-3-10(4-2)13(19)20-8-6-5-7-16-9-11(12(17)18)14-15-16;1-2/h3-4,9H,1,5-8H2,2H3,(H,17,18);1-2H2/b10-4+;. The van der Waals surface area contributed by atoms with Gasteiger partial charge >= 0.3 is 11.9 Å². The van der Waals surface area contributed by atoms with E-state index in [1.807, 2.05) is 0 Å². The van der Waals surface area contributed by atoms with Crippen LogP contribution >= 0.6 is 0 Å². The molecule has 7 nitrogen and oxygen atoms in total. The Labute approximate surface area is 129 Å². The molecule has 0 unspecified atom stereocenters. The van der Waals surface area contributed by atoms with Gasteiger partial charge in [-0.2, -0.15) is 0 Å². The van der Waals surface area contributed by atoms with Gasteiger partial charge in [0.15, 0.2) is 5.69 Å². The lowest BCUT2D eigenvalue weighted by Gasteiger charge is -2.04. The zero-order valence-corrected chi connectivity index (χ0v) is 12.7. The van der Waals surface area contributed by atoms with Crippen LogP contribution in [-0.4, -0.2) is 38.6 Å². The molecule has 22 heavy (non-hydrogen) atoms. The number of carboxylic acid groups (broad SMARTS) is 1. The van der Waals surface area contributed by atoms with Crippen molar-refractivity contribution in [3.05, 3.63) is 49.4 Å². The predicted octanol–water partition coefficient (Wildman–Crippen LogP) is 2.23. The summed E-state index contributed by atoms with van der Waals surface area (Å²) in [6.07, 6.45) is 5.81. The molecule has 1 rings (SSSR count). The Morgan fingerprint density at radius 2 is 2.09 bits per heavy atom. The molecule has 0 spiro atoms. The van der Waals surface area contributed by atoms with Gasteiger partial charge < -0.3 is 9.84 Å². The first-order valence-electron chi connectivity index (χ1n) is 6.67. The maximum Gasteiger partial charge on any atom is 0.358 e. The molecule has 0 aliphatic rings. The number of hydrogen-bond acceptors (Lipinski definition) is 5. The number of esters is 1. The predicted molar refractivity (Wildman–Crippen MR) is 82.4 cm³/mol. The molecule has 0 aliphatic heterocycles. The molecule has 0 saturated heterocycles. The van der Waals surface area contributed by atoms with E-state index in [4.69, 9.17) is 9.84 Å². The number of allylic oxidation sites excluding steroid dienone is 1. The summed E-state index contributed by atoms with van der Waals surface area (Å²) in [7, 11) is 0. The Hall–Kier alpha value is -2.70. The molecule has 1 aromatic heterocycles. The highest BCUT2D eigenvalue weighted by Crippen LogP contribution is 2.02. The SMILES string of the molecule is C=C.C=C/C(=C\C)C(=O)OCCCCn1cc(C(=O)O)nn1. The van der Waals surface area contributed by atoms with Gasteiger partial charge in [-0.05, 0) is 19.8 Å². The maximum absolute atomic E-state index is 11.5. The second-order valence-corrected chi connectivity index (χ2v) is 3.96. The van der Waals surface area contributed by atoms with Crippen molar-refractivity contribution in [2.45, 2.75) is 26.3 Å². The number of carboxylic acids is 1. The van der Waals surface area contributed by atoms with E-state index in [1.165, 1.54) is 17.0 Å². The highest BCUT2D eigenvalue weighted by atomic mass is 16.5. The molecule has 0 aliphatic carbocycles. The molecule has 0 bridgehead atoms. The molecule has 1 aromatic rings. The summed E-state index contributed by atoms with van der Waals surface area (Å²) in [5.74, 6) is -1.50. The number of aryl methyl sites for hydroxylation is 1.